The molecule has 156 valence electrons. The van der Waals surface area contributed by atoms with Crippen LogP contribution in [0.2, 0.25) is 0 Å². The summed E-state index contributed by atoms with van der Waals surface area (Å²) in [5.74, 6) is 1.29. The van der Waals surface area contributed by atoms with Crippen molar-refractivity contribution in [1.29, 1.82) is 0 Å². The number of hydrogen-bond donors (Lipinski definition) is 0. The van der Waals surface area contributed by atoms with Crippen molar-refractivity contribution in [3.63, 3.8) is 0 Å². The number of likely N-dealkylation sites (tertiary alicyclic amines) is 1. The number of rotatable bonds is 3. The molecule has 2 saturated heterocycles. The number of benzene rings is 1. The van der Waals surface area contributed by atoms with Gasteiger partial charge in [-0.15, -0.1) is 0 Å². The summed E-state index contributed by atoms with van der Waals surface area (Å²) in [6, 6.07) is 11.7. The van der Waals surface area contributed by atoms with E-state index in [4.69, 9.17) is 17.2 Å². The number of hydrogen-bond acceptors (Lipinski definition) is 3. The second-order valence-electron chi connectivity index (χ2n) is 9.62. The number of nitrogens with zero attached hydrogens (tertiary/aromatic N) is 3. The summed E-state index contributed by atoms with van der Waals surface area (Å²) < 4.78 is 0. The van der Waals surface area contributed by atoms with E-state index in [-0.39, 0.29) is 5.41 Å². The Bertz CT molecular complexity index is 741. The molecule has 1 aromatic rings. The molecule has 29 heavy (non-hydrogen) atoms. The Morgan fingerprint density at radius 2 is 1.48 bits per heavy atom. The van der Waals surface area contributed by atoms with E-state index in [1.54, 1.807) is 0 Å². The summed E-state index contributed by atoms with van der Waals surface area (Å²) in [7, 11) is 0. The fourth-order valence-corrected chi connectivity index (χ4v) is 6.86. The van der Waals surface area contributed by atoms with Gasteiger partial charge in [0.15, 0.2) is 0 Å². The fraction of sp³-hybridized carbons (Fsp3) is 0.680. The fourth-order valence-electron chi connectivity index (χ4n) is 6.35. The van der Waals surface area contributed by atoms with Gasteiger partial charge in [-0.25, -0.2) is 0 Å². The second kappa shape index (κ2) is 8.47. The molecule has 2 saturated carbocycles. The molecule has 4 heteroatoms. The van der Waals surface area contributed by atoms with Crippen LogP contribution in [0.15, 0.2) is 35.3 Å². The van der Waals surface area contributed by atoms with Crippen LogP contribution in [-0.4, -0.2) is 40.9 Å². The molecule has 5 rings (SSSR count). The highest BCUT2D eigenvalue weighted by atomic mass is 32.1. The summed E-state index contributed by atoms with van der Waals surface area (Å²) in [4.78, 5) is 11.9. The van der Waals surface area contributed by atoms with Crippen molar-refractivity contribution >= 4 is 28.7 Å². The van der Waals surface area contributed by atoms with Crippen LogP contribution in [0.4, 0.5) is 5.69 Å². The smallest absolute Gasteiger partial charge is 0.127 e. The number of aliphatic imine (C=N–C) groups is 1. The predicted octanol–water partition coefficient (Wildman–Crippen LogP) is 5.98. The molecule has 0 bridgehead atoms. The van der Waals surface area contributed by atoms with Gasteiger partial charge in [-0.3, -0.25) is 14.8 Å². The van der Waals surface area contributed by atoms with Crippen molar-refractivity contribution < 1.29 is 0 Å². The van der Waals surface area contributed by atoms with Gasteiger partial charge in [-0.2, -0.15) is 0 Å². The van der Waals surface area contributed by atoms with Crippen LogP contribution in [-0.2, 0) is 0 Å². The van der Waals surface area contributed by atoms with E-state index in [0.29, 0.717) is 12.1 Å². The first-order chi connectivity index (χ1) is 14.3. The van der Waals surface area contributed by atoms with Gasteiger partial charge in [-0.05, 0) is 63.7 Å². The molecule has 2 aliphatic heterocycles. The molecule has 4 fully saturated rings. The number of para-hydroxylation sites is 1. The average Bonchev–Trinajstić information content (AvgIpc) is 3.36. The Balaban J connectivity index is 1.62. The molecular weight excluding hydrogens is 374 g/mol. The summed E-state index contributed by atoms with van der Waals surface area (Å²) in [5.41, 5.74) is 1.33. The van der Waals surface area contributed by atoms with Crippen molar-refractivity contribution in [1.82, 2.24) is 4.90 Å². The highest BCUT2D eigenvalue weighted by molar-refractivity contribution is 7.80. The third kappa shape index (κ3) is 3.57. The molecular formula is C25H35N3S. The Hall–Kier alpha value is -1.26. The number of thiocarbonyl (C=S) groups is 1. The number of amidine groups is 1. The largest absolute Gasteiger partial charge is 0.293 e. The van der Waals surface area contributed by atoms with E-state index in [1.807, 2.05) is 0 Å². The molecule has 1 aromatic carbocycles. The van der Waals surface area contributed by atoms with Gasteiger partial charge in [-0.1, -0.05) is 68.9 Å². The van der Waals surface area contributed by atoms with Crippen LogP contribution in [0.5, 0.6) is 0 Å². The molecule has 4 aliphatic rings. The SMILES string of the molecule is S=C1N(c2ccccc2)C(=NC2CCCCC2)[C@H](N2CCCC2)C12CCCCC2. The zero-order chi connectivity index (χ0) is 19.7. The highest BCUT2D eigenvalue weighted by Crippen LogP contribution is 2.50. The maximum atomic E-state index is 6.33. The lowest BCUT2D eigenvalue weighted by Gasteiger charge is -2.41. The van der Waals surface area contributed by atoms with Gasteiger partial charge in [0, 0.05) is 11.1 Å². The lowest BCUT2D eigenvalue weighted by Crippen LogP contribution is -2.50. The maximum absolute atomic E-state index is 6.33. The highest BCUT2D eigenvalue weighted by Gasteiger charge is 2.57. The Morgan fingerprint density at radius 1 is 0.828 bits per heavy atom. The summed E-state index contributed by atoms with van der Waals surface area (Å²) >= 11 is 6.33. The first-order valence-electron chi connectivity index (χ1n) is 12.0. The third-order valence-electron chi connectivity index (χ3n) is 7.78. The zero-order valence-electron chi connectivity index (χ0n) is 17.7. The van der Waals surface area contributed by atoms with Crippen LogP contribution < -0.4 is 4.90 Å². The lowest BCUT2D eigenvalue weighted by atomic mass is 9.70. The molecule has 0 aromatic heterocycles. The lowest BCUT2D eigenvalue weighted by molar-refractivity contribution is 0.154. The maximum Gasteiger partial charge on any atom is 0.127 e. The van der Waals surface area contributed by atoms with Crippen molar-refractivity contribution in [2.75, 3.05) is 18.0 Å². The molecule has 1 atom stereocenters. The van der Waals surface area contributed by atoms with Gasteiger partial charge in [0.2, 0.25) is 0 Å². The van der Waals surface area contributed by atoms with Crippen LogP contribution in [0.25, 0.3) is 0 Å². The van der Waals surface area contributed by atoms with Crippen LogP contribution in [0.1, 0.15) is 77.0 Å². The Morgan fingerprint density at radius 3 is 2.17 bits per heavy atom. The first-order valence-corrected chi connectivity index (χ1v) is 12.4. The minimum atomic E-state index is 0.112. The molecule has 0 unspecified atom stereocenters. The monoisotopic (exact) mass is 409 g/mol. The molecule has 0 N–H and O–H groups in total. The van der Waals surface area contributed by atoms with Crippen molar-refractivity contribution in [2.24, 2.45) is 10.4 Å². The molecule has 2 aliphatic carbocycles. The first kappa shape index (κ1) is 19.7. The minimum Gasteiger partial charge on any atom is -0.293 e. The van der Waals surface area contributed by atoms with Crippen LogP contribution in [0, 0.1) is 5.41 Å². The predicted molar refractivity (Wildman–Crippen MR) is 126 cm³/mol. The molecule has 0 amide bonds. The van der Waals surface area contributed by atoms with Crippen LogP contribution >= 0.6 is 12.2 Å². The third-order valence-corrected chi connectivity index (χ3v) is 8.37. The topological polar surface area (TPSA) is 18.8 Å². The van der Waals surface area contributed by atoms with E-state index in [1.165, 1.54) is 102 Å². The van der Waals surface area contributed by atoms with Crippen molar-refractivity contribution in [2.45, 2.75) is 89.1 Å². The summed E-state index contributed by atoms with van der Waals surface area (Å²) in [6.45, 7) is 2.42. The van der Waals surface area contributed by atoms with Crippen molar-refractivity contribution in [3.05, 3.63) is 30.3 Å². The van der Waals surface area contributed by atoms with Gasteiger partial charge < -0.3 is 0 Å². The Kier molecular flexibility index (Phi) is 5.75. The van der Waals surface area contributed by atoms with E-state index < -0.39 is 0 Å². The summed E-state index contributed by atoms with van der Waals surface area (Å²) in [5, 5.41) is 0. The van der Waals surface area contributed by atoms with E-state index in [0.717, 1.165) is 4.99 Å². The van der Waals surface area contributed by atoms with Crippen LogP contribution in [0.3, 0.4) is 0 Å². The Labute approximate surface area is 181 Å². The quantitative estimate of drug-likeness (QED) is 0.572. The van der Waals surface area contributed by atoms with E-state index in [9.17, 15) is 0 Å². The van der Waals surface area contributed by atoms with Gasteiger partial charge in [0.1, 0.15) is 5.84 Å². The molecule has 2 heterocycles. The standard InChI is InChI=1S/C25H35N3S/c29-24-25(16-8-3-9-17-25)22(27-18-10-11-19-27)23(26-20-12-4-1-5-13-20)28(24)21-14-6-2-7-15-21/h2,6-7,14-15,20,22H,1,3-5,8-13,16-19H2/t22-/m0/s1. The second-order valence-corrected chi connectivity index (χ2v) is 10.0. The average molecular weight is 410 g/mol. The zero-order valence-corrected chi connectivity index (χ0v) is 18.5. The van der Waals surface area contributed by atoms with Gasteiger partial charge in [0.05, 0.1) is 17.1 Å². The number of anilines is 1. The van der Waals surface area contributed by atoms with Gasteiger partial charge in [0.25, 0.3) is 0 Å². The van der Waals surface area contributed by atoms with E-state index >= 15 is 0 Å². The van der Waals surface area contributed by atoms with Crippen molar-refractivity contribution in [3.8, 4) is 0 Å². The molecule has 0 radical (unpaired) electrons. The van der Waals surface area contributed by atoms with Gasteiger partial charge >= 0.3 is 0 Å². The minimum absolute atomic E-state index is 0.112. The summed E-state index contributed by atoms with van der Waals surface area (Å²) in [6.07, 6.45) is 15.6. The molecule has 1 spiro atoms. The normalized spacial score (nSPS) is 29.9. The molecule has 3 nitrogen and oxygen atoms in total. The van der Waals surface area contributed by atoms with E-state index in [2.05, 4.69) is 40.1 Å².